The minimum absolute atomic E-state index is 0.0349. The molecule has 0 saturated carbocycles. The molecule has 7 heteroatoms. The second kappa shape index (κ2) is 11.6. The first-order chi connectivity index (χ1) is 14.3. The van der Waals surface area contributed by atoms with Gasteiger partial charge in [-0.3, -0.25) is 9.59 Å². The van der Waals surface area contributed by atoms with Crippen LogP contribution in [0.5, 0.6) is 11.5 Å². The molecule has 0 spiro atoms. The van der Waals surface area contributed by atoms with Gasteiger partial charge in [0.25, 0.3) is 5.91 Å². The summed E-state index contributed by atoms with van der Waals surface area (Å²) >= 11 is 3.37. The second-order valence-corrected chi connectivity index (χ2v) is 8.03. The van der Waals surface area contributed by atoms with Crippen LogP contribution in [0.2, 0.25) is 0 Å². The summed E-state index contributed by atoms with van der Waals surface area (Å²) in [6, 6.07) is 14.1. The fourth-order valence-corrected chi connectivity index (χ4v) is 3.04. The number of hydrogen-bond acceptors (Lipinski definition) is 4. The van der Waals surface area contributed by atoms with Crippen molar-refractivity contribution in [1.29, 1.82) is 0 Å². The number of hydrogen-bond donors (Lipinski definition) is 1. The minimum atomic E-state index is -0.647. The molecule has 162 valence electrons. The lowest BCUT2D eigenvalue weighted by Crippen LogP contribution is -2.50. The van der Waals surface area contributed by atoms with E-state index >= 15 is 0 Å². The molecule has 0 fully saturated rings. The summed E-state index contributed by atoms with van der Waals surface area (Å²) in [5, 5.41) is 2.95. The average molecular weight is 477 g/mol. The molecule has 0 aliphatic heterocycles. The van der Waals surface area contributed by atoms with E-state index in [-0.39, 0.29) is 31.0 Å². The molecule has 0 aromatic heterocycles. The standard InChI is InChI=1S/C23H29BrN2O4/c1-5-16(2)25-23(28)17(3)26(14-18-7-6-8-21(13-18)29-4)22(27)15-30-20-11-9-19(24)10-12-20/h6-13,16-17H,5,14-15H2,1-4H3,(H,25,28)/t16-,17-/m0/s1. The Hall–Kier alpha value is -2.54. The summed E-state index contributed by atoms with van der Waals surface area (Å²) in [6.07, 6.45) is 0.814. The number of benzene rings is 2. The Balaban J connectivity index is 2.16. The van der Waals surface area contributed by atoms with Crippen LogP contribution in [0.15, 0.2) is 53.0 Å². The maximum Gasteiger partial charge on any atom is 0.261 e. The van der Waals surface area contributed by atoms with Crippen molar-refractivity contribution in [2.45, 2.75) is 45.8 Å². The van der Waals surface area contributed by atoms with Crippen LogP contribution in [0.1, 0.15) is 32.8 Å². The van der Waals surface area contributed by atoms with Crippen LogP contribution in [0.4, 0.5) is 0 Å². The Morgan fingerprint density at radius 3 is 2.43 bits per heavy atom. The van der Waals surface area contributed by atoms with E-state index in [1.165, 1.54) is 4.90 Å². The topological polar surface area (TPSA) is 67.9 Å². The van der Waals surface area contributed by atoms with Crippen LogP contribution in [-0.4, -0.2) is 42.5 Å². The summed E-state index contributed by atoms with van der Waals surface area (Å²) in [5.41, 5.74) is 0.870. The third-order valence-corrected chi connectivity index (χ3v) is 5.36. The Morgan fingerprint density at radius 1 is 1.10 bits per heavy atom. The SMILES string of the molecule is CC[C@H](C)NC(=O)[C@H](C)N(Cc1cccc(OC)c1)C(=O)COc1ccc(Br)cc1. The zero-order valence-electron chi connectivity index (χ0n) is 17.9. The van der Waals surface area contributed by atoms with Gasteiger partial charge in [-0.25, -0.2) is 0 Å². The van der Waals surface area contributed by atoms with Gasteiger partial charge < -0.3 is 19.7 Å². The predicted molar refractivity (Wildman–Crippen MR) is 121 cm³/mol. The van der Waals surface area contributed by atoms with Gasteiger partial charge in [0.1, 0.15) is 17.5 Å². The summed E-state index contributed by atoms with van der Waals surface area (Å²) in [4.78, 5) is 27.3. The molecule has 2 atom stereocenters. The van der Waals surface area contributed by atoms with Crippen LogP contribution >= 0.6 is 15.9 Å². The van der Waals surface area contributed by atoms with E-state index < -0.39 is 6.04 Å². The van der Waals surface area contributed by atoms with Crippen LogP contribution in [-0.2, 0) is 16.1 Å². The van der Waals surface area contributed by atoms with Crippen LogP contribution in [0.25, 0.3) is 0 Å². The number of carbonyl (C=O) groups excluding carboxylic acids is 2. The van der Waals surface area contributed by atoms with E-state index in [1.807, 2.05) is 50.2 Å². The van der Waals surface area contributed by atoms with Gasteiger partial charge in [-0.05, 0) is 62.2 Å². The molecule has 2 aromatic rings. The van der Waals surface area contributed by atoms with Crippen molar-refractivity contribution in [2.24, 2.45) is 0 Å². The van der Waals surface area contributed by atoms with Gasteiger partial charge in [-0.1, -0.05) is 35.0 Å². The number of halogens is 1. The number of carbonyl (C=O) groups is 2. The van der Waals surface area contributed by atoms with Gasteiger partial charge in [0.05, 0.1) is 7.11 Å². The van der Waals surface area contributed by atoms with Gasteiger partial charge in [0, 0.05) is 17.1 Å². The number of nitrogens with zero attached hydrogens (tertiary/aromatic N) is 1. The summed E-state index contributed by atoms with van der Waals surface area (Å²) in [7, 11) is 1.59. The van der Waals surface area contributed by atoms with E-state index in [4.69, 9.17) is 9.47 Å². The number of ether oxygens (including phenoxy) is 2. The van der Waals surface area contributed by atoms with Crippen molar-refractivity contribution in [2.75, 3.05) is 13.7 Å². The smallest absolute Gasteiger partial charge is 0.261 e. The van der Waals surface area contributed by atoms with Crippen molar-refractivity contribution in [3.63, 3.8) is 0 Å². The zero-order valence-corrected chi connectivity index (χ0v) is 19.4. The molecule has 0 heterocycles. The first-order valence-electron chi connectivity index (χ1n) is 9.95. The highest BCUT2D eigenvalue weighted by molar-refractivity contribution is 9.10. The van der Waals surface area contributed by atoms with E-state index in [2.05, 4.69) is 21.2 Å². The lowest BCUT2D eigenvalue weighted by atomic mass is 10.1. The fraction of sp³-hybridized carbons (Fsp3) is 0.391. The molecule has 0 radical (unpaired) electrons. The first-order valence-corrected chi connectivity index (χ1v) is 10.7. The quantitative estimate of drug-likeness (QED) is 0.558. The van der Waals surface area contributed by atoms with E-state index in [0.29, 0.717) is 11.5 Å². The maximum absolute atomic E-state index is 13.0. The maximum atomic E-state index is 13.0. The van der Waals surface area contributed by atoms with E-state index in [9.17, 15) is 9.59 Å². The molecular weight excluding hydrogens is 448 g/mol. The molecule has 30 heavy (non-hydrogen) atoms. The van der Waals surface area contributed by atoms with Crippen molar-refractivity contribution in [3.8, 4) is 11.5 Å². The predicted octanol–water partition coefficient (Wildman–Crippen LogP) is 4.17. The molecule has 0 bridgehead atoms. The fourth-order valence-electron chi connectivity index (χ4n) is 2.77. The van der Waals surface area contributed by atoms with Crippen molar-refractivity contribution < 1.29 is 19.1 Å². The number of nitrogens with one attached hydrogen (secondary N) is 1. The molecule has 1 N–H and O–H groups in total. The Bertz CT molecular complexity index is 841. The number of methoxy groups -OCH3 is 1. The van der Waals surface area contributed by atoms with Crippen LogP contribution in [0, 0.1) is 0 Å². The van der Waals surface area contributed by atoms with Gasteiger partial charge in [-0.2, -0.15) is 0 Å². The largest absolute Gasteiger partial charge is 0.497 e. The van der Waals surface area contributed by atoms with Crippen molar-refractivity contribution in [1.82, 2.24) is 10.2 Å². The van der Waals surface area contributed by atoms with E-state index in [1.54, 1.807) is 26.2 Å². The third-order valence-electron chi connectivity index (χ3n) is 4.83. The molecule has 2 rings (SSSR count). The molecule has 0 aliphatic rings. The molecule has 2 amide bonds. The summed E-state index contributed by atoms with van der Waals surface area (Å²) < 4.78 is 11.9. The van der Waals surface area contributed by atoms with Gasteiger partial charge in [0.2, 0.25) is 5.91 Å². The number of rotatable bonds is 10. The molecule has 0 unspecified atom stereocenters. The Kier molecular flexibility index (Phi) is 9.17. The Morgan fingerprint density at radius 2 is 1.80 bits per heavy atom. The van der Waals surface area contributed by atoms with Crippen molar-refractivity contribution >= 4 is 27.7 Å². The number of amides is 2. The van der Waals surface area contributed by atoms with E-state index in [0.717, 1.165) is 16.5 Å². The molecule has 6 nitrogen and oxygen atoms in total. The summed E-state index contributed by atoms with van der Waals surface area (Å²) in [5.74, 6) is 0.823. The molecular formula is C23H29BrN2O4. The molecule has 2 aromatic carbocycles. The average Bonchev–Trinajstić information content (AvgIpc) is 2.76. The van der Waals surface area contributed by atoms with Gasteiger partial charge in [0.15, 0.2) is 6.61 Å². The van der Waals surface area contributed by atoms with Crippen molar-refractivity contribution in [3.05, 3.63) is 58.6 Å². The highest BCUT2D eigenvalue weighted by atomic mass is 79.9. The molecule has 0 saturated heterocycles. The highest BCUT2D eigenvalue weighted by Crippen LogP contribution is 2.18. The lowest BCUT2D eigenvalue weighted by Gasteiger charge is -2.29. The molecule has 0 aliphatic carbocycles. The monoisotopic (exact) mass is 476 g/mol. The second-order valence-electron chi connectivity index (χ2n) is 7.11. The van der Waals surface area contributed by atoms with Crippen LogP contribution < -0.4 is 14.8 Å². The Labute approximate surface area is 186 Å². The normalized spacial score (nSPS) is 12.6. The lowest BCUT2D eigenvalue weighted by molar-refractivity contribution is -0.142. The summed E-state index contributed by atoms with van der Waals surface area (Å²) in [6.45, 7) is 5.78. The van der Waals surface area contributed by atoms with Gasteiger partial charge >= 0.3 is 0 Å². The van der Waals surface area contributed by atoms with Gasteiger partial charge in [-0.15, -0.1) is 0 Å². The third kappa shape index (κ3) is 7.06. The minimum Gasteiger partial charge on any atom is -0.497 e. The first kappa shape index (κ1) is 23.7. The van der Waals surface area contributed by atoms with Crippen LogP contribution in [0.3, 0.4) is 0 Å². The zero-order chi connectivity index (χ0) is 22.1. The highest BCUT2D eigenvalue weighted by Gasteiger charge is 2.27.